The van der Waals surface area contributed by atoms with Gasteiger partial charge >= 0.3 is 0 Å². The predicted octanol–water partition coefficient (Wildman–Crippen LogP) is 1.27. The SMILES string of the molecule is Cc1ccc(CS(=O)(=O)N[C@@H]2CN(c3ncccn3)C[C@H]2CN(C)C)cc1. The minimum atomic E-state index is -3.44. The molecule has 1 aliphatic rings. The van der Waals surface area contributed by atoms with Crippen LogP contribution in [-0.2, 0) is 15.8 Å². The van der Waals surface area contributed by atoms with Gasteiger partial charge in [-0.3, -0.25) is 0 Å². The molecule has 0 aliphatic carbocycles. The molecule has 0 unspecified atom stereocenters. The van der Waals surface area contributed by atoms with Gasteiger partial charge in [-0.25, -0.2) is 23.1 Å². The summed E-state index contributed by atoms with van der Waals surface area (Å²) in [6.45, 7) is 4.07. The molecule has 0 spiro atoms. The Kier molecular flexibility index (Phi) is 6.08. The number of hydrogen-bond donors (Lipinski definition) is 1. The monoisotopic (exact) mass is 389 g/mol. The minimum absolute atomic E-state index is 0.0136. The fourth-order valence-corrected chi connectivity index (χ4v) is 4.90. The molecule has 0 radical (unpaired) electrons. The van der Waals surface area contributed by atoms with Crippen LogP contribution < -0.4 is 9.62 Å². The highest BCUT2D eigenvalue weighted by atomic mass is 32.2. The number of aryl methyl sites for hydroxylation is 1. The van der Waals surface area contributed by atoms with Crippen LogP contribution in [0.25, 0.3) is 0 Å². The van der Waals surface area contributed by atoms with Gasteiger partial charge in [-0.2, -0.15) is 0 Å². The van der Waals surface area contributed by atoms with Crippen LogP contribution in [0.2, 0.25) is 0 Å². The highest BCUT2D eigenvalue weighted by molar-refractivity contribution is 7.88. The summed E-state index contributed by atoms with van der Waals surface area (Å²) in [5.74, 6) is 0.790. The van der Waals surface area contributed by atoms with Crippen LogP contribution >= 0.6 is 0 Å². The molecule has 0 saturated carbocycles. The van der Waals surface area contributed by atoms with Gasteiger partial charge in [0.05, 0.1) is 5.75 Å². The molecule has 1 saturated heterocycles. The van der Waals surface area contributed by atoms with Crippen molar-refractivity contribution in [3.63, 3.8) is 0 Å². The van der Waals surface area contributed by atoms with E-state index in [2.05, 4.69) is 19.6 Å². The van der Waals surface area contributed by atoms with Crippen molar-refractivity contribution in [3.05, 3.63) is 53.9 Å². The summed E-state index contributed by atoms with van der Waals surface area (Å²) in [6, 6.07) is 9.20. The molecule has 27 heavy (non-hydrogen) atoms. The number of anilines is 1. The summed E-state index contributed by atoms with van der Waals surface area (Å²) in [7, 11) is 0.558. The van der Waals surface area contributed by atoms with Crippen molar-refractivity contribution in [1.82, 2.24) is 19.6 Å². The number of hydrogen-bond acceptors (Lipinski definition) is 6. The number of benzene rings is 1. The summed E-state index contributed by atoms with van der Waals surface area (Å²) in [5, 5.41) is 0. The second-order valence-corrected chi connectivity index (χ2v) is 9.20. The van der Waals surface area contributed by atoms with Crippen LogP contribution in [-0.4, -0.2) is 63.1 Å². The highest BCUT2D eigenvalue weighted by Gasteiger charge is 2.36. The molecule has 8 heteroatoms. The van der Waals surface area contributed by atoms with Gasteiger partial charge in [0, 0.05) is 44.0 Å². The highest BCUT2D eigenvalue weighted by Crippen LogP contribution is 2.22. The van der Waals surface area contributed by atoms with E-state index in [0.29, 0.717) is 12.5 Å². The zero-order valence-corrected chi connectivity index (χ0v) is 16.9. The first-order valence-electron chi connectivity index (χ1n) is 9.04. The lowest BCUT2D eigenvalue weighted by atomic mass is 10.0. The molecule has 1 aromatic carbocycles. The van der Waals surface area contributed by atoms with Gasteiger partial charge in [-0.15, -0.1) is 0 Å². The Balaban J connectivity index is 1.72. The van der Waals surface area contributed by atoms with Crippen molar-refractivity contribution in [2.45, 2.75) is 18.7 Å². The molecule has 1 N–H and O–H groups in total. The molecular weight excluding hydrogens is 362 g/mol. The Morgan fingerprint density at radius 3 is 2.44 bits per heavy atom. The van der Waals surface area contributed by atoms with E-state index >= 15 is 0 Å². The quantitative estimate of drug-likeness (QED) is 0.768. The maximum Gasteiger partial charge on any atom is 0.225 e. The maximum atomic E-state index is 12.7. The van der Waals surface area contributed by atoms with E-state index in [1.54, 1.807) is 18.5 Å². The third-order valence-electron chi connectivity index (χ3n) is 4.68. The van der Waals surface area contributed by atoms with E-state index < -0.39 is 10.0 Å². The van der Waals surface area contributed by atoms with Crippen LogP contribution in [0, 0.1) is 12.8 Å². The van der Waals surface area contributed by atoms with Gasteiger partial charge in [0.1, 0.15) is 0 Å². The molecule has 2 atom stereocenters. The summed E-state index contributed by atoms with van der Waals surface area (Å²) in [6.07, 6.45) is 3.41. The molecule has 146 valence electrons. The van der Waals surface area contributed by atoms with Gasteiger partial charge in [0.15, 0.2) is 0 Å². The van der Waals surface area contributed by atoms with Crippen molar-refractivity contribution < 1.29 is 8.42 Å². The van der Waals surface area contributed by atoms with Crippen molar-refractivity contribution in [2.24, 2.45) is 5.92 Å². The predicted molar refractivity (Wildman–Crippen MR) is 107 cm³/mol. The average Bonchev–Trinajstić information content (AvgIpc) is 2.98. The Hall–Kier alpha value is -2.03. The Morgan fingerprint density at radius 1 is 1.15 bits per heavy atom. The average molecular weight is 390 g/mol. The fraction of sp³-hybridized carbons (Fsp3) is 0.474. The number of sulfonamides is 1. The van der Waals surface area contributed by atoms with E-state index in [0.717, 1.165) is 24.2 Å². The van der Waals surface area contributed by atoms with Crippen LogP contribution in [0.5, 0.6) is 0 Å². The summed E-state index contributed by atoms with van der Waals surface area (Å²) >= 11 is 0. The number of nitrogens with one attached hydrogen (secondary N) is 1. The standard InChI is InChI=1S/C19H27N5O2S/c1-15-5-7-16(8-6-15)14-27(25,26)22-18-13-24(12-17(18)11-23(2)3)19-20-9-4-10-21-19/h4-10,17-18,22H,11-14H2,1-3H3/t17-,18-/m1/s1. The lowest BCUT2D eigenvalue weighted by Gasteiger charge is -2.22. The molecule has 1 fully saturated rings. The Morgan fingerprint density at radius 2 is 1.81 bits per heavy atom. The summed E-state index contributed by atoms with van der Waals surface area (Å²) < 4.78 is 28.4. The molecule has 1 aliphatic heterocycles. The third kappa shape index (κ3) is 5.47. The molecule has 2 aromatic rings. The second-order valence-electron chi connectivity index (χ2n) is 7.45. The largest absolute Gasteiger partial charge is 0.339 e. The zero-order valence-electron chi connectivity index (χ0n) is 16.0. The van der Waals surface area contributed by atoms with E-state index in [1.807, 2.05) is 50.2 Å². The van der Waals surface area contributed by atoms with Crippen molar-refractivity contribution >= 4 is 16.0 Å². The van der Waals surface area contributed by atoms with E-state index in [9.17, 15) is 8.42 Å². The van der Waals surface area contributed by atoms with Gasteiger partial charge in [0.25, 0.3) is 0 Å². The maximum absolute atomic E-state index is 12.7. The molecule has 0 bridgehead atoms. The number of rotatable bonds is 7. The van der Waals surface area contributed by atoms with Gasteiger partial charge < -0.3 is 9.80 Å². The van der Waals surface area contributed by atoms with Crippen LogP contribution in [0.4, 0.5) is 5.95 Å². The van der Waals surface area contributed by atoms with E-state index in [4.69, 9.17) is 0 Å². The first-order valence-corrected chi connectivity index (χ1v) is 10.7. The van der Waals surface area contributed by atoms with Gasteiger partial charge in [0.2, 0.25) is 16.0 Å². The molecule has 0 amide bonds. The van der Waals surface area contributed by atoms with E-state index in [-0.39, 0.29) is 17.7 Å². The smallest absolute Gasteiger partial charge is 0.225 e. The normalized spacial score (nSPS) is 20.4. The fourth-order valence-electron chi connectivity index (χ4n) is 3.45. The first-order chi connectivity index (χ1) is 12.8. The Bertz CT molecular complexity index is 840. The van der Waals surface area contributed by atoms with Crippen LogP contribution in [0.15, 0.2) is 42.7 Å². The zero-order chi connectivity index (χ0) is 19.4. The van der Waals surface area contributed by atoms with Crippen molar-refractivity contribution in [2.75, 3.05) is 38.6 Å². The van der Waals surface area contributed by atoms with Crippen molar-refractivity contribution in [3.8, 4) is 0 Å². The molecular formula is C19H27N5O2S. The number of aromatic nitrogens is 2. The number of nitrogens with zero attached hydrogens (tertiary/aromatic N) is 4. The lowest BCUT2D eigenvalue weighted by Crippen LogP contribution is -2.43. The Labute approximate surface area is 161 Å². The van der Waals surface area contributed by atoms with E-state index in [1.165, 1.54) is 0 Å². The molecule has 3 rings (SSSR count). The lowest BCUT2D eigenvalue weighted by molar-refractivity contribution is 0.315. The summed E-state index contributed by atoms with van der Waals surface area (Å²) in [4.78, 5) is 12.7. The second kappa shape index (κ2) is 8.33. The van der Waals surface area contributed by atoms with Gasteiger partial charge in [-0.05, 0) is 32.6 Å². The summed E-state index contributed by atoms with van der Waals surface area (Å²) in [5.41, 5.74) is 1.91. The minimum Gasteiger partial charge on any atom is -0.339 e. The molecule has 1 aromatic heterocycles. The van der Waals surface area contributed by atoms with Gasteiger partial charge in [-0.1, -0.05) is 29.8 Å². The van der Waals surface area contributed by atoms with Crippen LogP contribution in [0.3, 0.4) is 0 Å². The molecule has 7 nitrogen and oxygen atoms in total. The third-order valence-corrected chi connectivity index (χ3v) is 6.06. The van der Waals surface area contributed by atoms with Crippen molar-refractivity contribution in [1.29, 1.82) is 0 Å². The van der Waals surface area contributed by atoms with Crippen LogP contribution in [0.1, 0.15) is 11.1 Å². The topological polar surface area (TPSA) is 78.4 Å². The molecule has 2 heterocycles. The first kappa shape index (κ1) is 19.7.